The van der Waals surface area contributed by atoms with E-state index in [1.807, 2.05) is 26.8 Å². The Kier molecular flexibility index (Phi) is 25.5. The van der Waals surface area contributed by atoms with Crippen molar-refractivity contribution in [3.63, 3.8) is 0 Å². The zero-order valence-electron chi connectivity index (χ0n) is 33.5. The normalized spacial score (nSPS) is 17.1. The third kappa shape index (κ3) is 17.5. The Balaban J connectivity index is 0. The highest BCUT2D eigenvalue weighted by atomic mass is 16.5. The van der Waals surface area contributed by atoms with Crippen LogP contribution >= 0.6 is 0 Å². The number of nitrogens with one attached hydrogen (secondary N) is 3. The molecule has 13 heteroatoms. The van der Waals surface area contributed by atoms with Gasteiger partial charge >= 0.3 is 5.97 Å². The maximum absolute atomic E-state index is 13.7. The van der Waals surface area contributed by atoms with Crippen LogP contribution in [0.2, 0.25) is 0 Å². The molecular weight excluding hydrogens is 654 g/mol. The second-order valence-electron chi connectivity index (χ2n) is 13.4. The Morgan fingerprint density at radius 1 is 1.04 bits per heavy atom. The Morgan fingerprint density at radius 3 is 2.06 bits per heavy atom. The number of carbonyl (C=O) groups excluding carboxylic acids is 4. The number of likely N-dealkylation sites (tertiary alicyclic amines) is 1. The number of likely N-dealkylation sites (N-methyl/N-ethyl adjacent to an activating group) is 2. The highest BCUT2D eigenvalue weighted by molar-refractivity contribution is 5.89. The van der Waals surface area contributed by atoms with E-state index >= 15 is 0 Å². The molecule has 0 aromatic carbocycles. The molecule has 1 saturated heterocycles. The van der Waals surface area contributed by atoms with E-state index in [0.717, 1.165) is 18.4 Å². The monoisotopic (exact) mass is 724 g/mol. The molecule has 1 fully saturated rings. The molecule has 4 N–H and O–H groups in total. The number of rotatable bonds is 19. The minimum absolute atomic E-state index is 0.00873. The summed E-state index contributed by atoms with van der Waals surface area (Å²) in [4.78, 5) is 66.0. The van der Waals surface area contributed by atoms with Crippen molar-refractivity contribution < 1.29 is 38.6 Å². The number of carbonyl (C=O) groups is 5. The van der Waals surface area contributed by atoms with Crippen molar-refractivity contribution in [2.45, 2.75) is 117 Å². The second kappa shape index (κ2) is 26.3. The van der Waals surface area contributed by atoms with Crippen molar-refractivity contribution in [1.29, 1.82) is 0 Å². The third-order valence-electron chi connectivity index (χ3n) is 9.01. The van der Waals surface area contributed by atoms with Crippen LogP contribution < -0.4 is 16.0 Å². The number of methoxy groups -OCH3 is 2. The summed E-state index contributed by atoms with van der Waals surface area (Å²) in [6.07, 6.45) is 7.56. The molecule has 0 aromatic heterocycles. The first kappa shape index (κ1) is 49.6. The molecule has 0 aliphatic carbocycles. The summed E-state index contributed by atoms with van der Waals surface area (Å²) in [7, 11) is 6.31. The predicted molar refractivity (Wildman–Crippen MR) is 203 cm³/mol. The van der Waals surface area contributed by atoms with Crippen molar-refractivity contribution in [2.75, 3.05) is 47.9 Å². The zero-order valence-corrected chi connectivity index (χ0v) is 33.5. The topological polar surface area (TPSA) is 167 Å². The van der Waals surface area contributed by atoms with Crippen molar-refractivity contribution in [3.8, 4) is 0 Å². The average Bonchev–Trinajstić information content (AvgIpc) is 3.59. The number of amides is 4. The van der Waals surface area contributed by atoms with Gasteiger partial charge in [0.15, 0.2) is 0 Å². The number of hydrogen-bond donors (Lipinski definition) is 4. The number of ether oxygens (including phenoxy) is 2. The zero-order chi connectivity index (χ0) is 39.9. The molecule has 0 spiro atoms. The number of carboxylic acid groups (broad SMARTS) is 1. The first-order chi connectivity index (χ1) is 23.9. The molecule has 13 nitrogen and oxygen atoms in total. The van der Waals surface area contributed by atoms with E-state index in [2.05, 4.69) is 43.0 Å². The van der Waals surface area contributed by atoms with Crippen LogP contribution in [0, 0.1) is 11.8 Å². The van der Waals surface area contributed by atoms with E-state index < -0.39 is 48.1 Å². The highest BCUT2D eigenvalue weighted by Crippen LogP contribution is 2.29. The SMILES string of the molecule is C=C/C=C(/C)C=C.CCC.CCC(C)C(C(CC(=O)N1CCCC1C(OC)C(C)C(=O)NCC(=O)O)OC)N(C)C(=O)CNC(=O)C(C)(C)NC. The Hall–Kier alpha value is -3.55. The molecule has 6 atom stereocenters. The van der Waals surface area contributed by atoms with Gasteiger partial charge in [0, 0.05) is 27.8 Å². The van der Waals surface area contributed by atoms with Crippen molar-refractivity contribution in [1.82, 2.24) is 25.8 Å². The highest BCUT2D eigenvalue weighted by Gasteiger charge is 2.42. The fourth-order valence-electron chi connectivity index (χ4n) is 5.52. The summed E-state index contributed by atoms with van der Waals surface area (Å²) in [5.74, 6) is -3.09. The van der Waals surface area contributed by atoms with Crippen LogP contribution in [-0.2, 0) is 33.4 Å². The summed E-state index contributed by atoms with van der Waals surface area (Å²) in [6, 6.07) is -0.807. The largest absolute Gasteiger partial charge is 0.480 e. The van der Waals surface area contributed by atoms with Gasteiger partial charge in [0.1, 0.15) is 6.54 Å². The van der Waals surface area contributed by atoms with E-state index in [0.29, 0.717) is 13.0 Å². The van der Waals surface area contributed by atoms with Crippen LogP contribution in [0.25, 0.3) is 0 Å². The number of allylic oxidation sites excluding steroid dienone is 4. The van der Waals surface area contributed by atoms with Gasteiger partial charge in [0.05, 0.1) is 48.7 Å². The van der Waals surface area contributed by atoms with E-state index in [9.17, 15) is 24.0 Å². The summed E-state index contributed by atoms with van der Waals surface area (Å²) >= 11 is 0. The molecule has 51 heavy (non-hydrogen) atoms. The van der Waals surface area contributed by atoms with Gasteiger partial charge in [-0.1, -0.05) is 84.4 Å². The lowest BCUT2D eigenvalue weighted by Crippen LogP contribution is -2.56. The van der Waals surface area contributed by atoms with Crippen LogP contribution in [0.15, 0.2) is 37.0 Å². The lowest BCUT2D eigenvalue weighted by atomic mass is 9.90. The molecule has 1 aliphatic rings. The van der Waals surface area contributed by atoms with Crippen molar-refractivity contribution in [3.05, 3.63) is 37.0 Å². The van der Waals surface area contributed by atoms with Gasteiger partial charge < -0.3 is 40.3 Å². The molecule has 1 heterocycles. The molecule has 1 aliphatic heterocycles. The molecule has 0 aromatic rings. The molecule has 294 valence electrons. The molecule has 1 rings (SSSR count). The third-order valence-corrected chi connectivity index (χ3v) is 9.01. The van der Waals surface area contributed by atoms with Crippen LogP contribution in [0.5, 0.6) is 0 Å². The van der Waals surface area contributed by atoms with Crippen LogP contribution in [-0.4, -0.2) is 122 Å². The lowest BCUT2D eigenvalue weighted by molar-refractivity contribution is -0.146. The van der Waals surface area contributed by atoms with E-state index in [-0.39, 0.29) is 42.6 Å². The van der Waals surface area contributed by atoms with Gasteiger partial charge in [-0.15, -0.1) is 0 Å². The Morgan fingerprint density at radius 2 is 1.63 bits per heavy atom. The van der Waals surface area contributed by atoms with Crippen molar-refractivity contribution in [2.24, 2.45) is 11.8 Å². The van der Waals surface area contributed by atoms with Gasteiger partial charge in [-0.2, -0.15) is 0 Å². The maximum atomic E-state index is 13.7. The van der Waals surface area contributed by atoms with Crippen LogP contribution in [0.1, 0.15) is 87.5 Å². The summed E-state index contributed by atoms with van der Waals surface area (Å²) in [6.45, 7) is 22.2. The average molecular weight is 724 g/mol. The number of hydrogen-bond acceptors (Lipinski definition) is 8. The molecule has 0 bridgehead atoms. The minimum atomic E-state index is -1.15. The van der Waals surface area contributed by atoms with Gasteiger partial charge in [0.2, 0.25) is 23.6 Å². The van der Waals surface area contributed by atoms with E-state index in [4.69, 9.17) is 14.6 Å². The number of aliphatic carboxylic acids is 1. The Labute approximate surface area is 307 Å². The molecule has 4 amide bonds. The van der Waals surface area contributed by atoms with Gasteiger partial charge in [0.25, 0.3) is 0 Å². The Bertz CT molecular complexity index is 1140. The molecule has 0 saturated carbocycles. The first-order valence-corrected chi connectivity index (χ1v) is 17.9. The van der Waals surface area contributed by atoms with Gasteiger partial charge in [-0.25, -0.2) is 0 Å². The molecule has 0 radical (unpaired) electrons. The molecule has 6 unspecified atom stereocenters. The van der Waals surface area contributed by atoms with Crippen molar-refractivity contribution >= 4 is 29.6 Å². The van der Waals surface area contributed by atoms with Crippen LogP contribution in [0.4, 0.5) is 0 Å². The first-order valence-electron chi connectivity index (χ1n) is 17.9. The number of carboxylic acids is 1. The van der Waals surface area contributed by atoms with E-state index in [1.54, 1.807) is 56.8 Å². The molecular formula is C38H69N5O8. The maximum Gasteiger partial charge on any atom is 0.322 e. The smallest absolute Gasteiger partial charge is 0.322 e. The quantitative estimate of drug-likeness (QED) is 0.144. The number of nitrogens with zero attached hydrogens (tertiary/aromatic N) is 2. The summed E-state index contributed by atoms with van der Waals surface area (Å²) in [5, 5.41) is 16.9. The van der Waals surface area contributed by atoms with Gasteiger partial charge in [-0.3, -0.25) is 24.0 Å². The summed E-state index contributed by atoms with van der Waals surface area (Å²) < 4.78 is 11.5. The fraction of sp³-hybridized carbons (Fsp3) is 0.711. The second-order valence-corrected chi connectivity index (χ2v) is 13.4. The fourth-order valence-corrected chi connectivity index (χ4v) is 5.52. The standard InChI is InChI=1S/C28H51N5O8.C7H10.C3H8/c1-10-17(2)24(32(7)22(35)15-31-27(39)28(4,5)29-6)20(40-8)14-21(34)33-13-11-12-19(33)25(41-9)18(3)26(38)30-16-23(36)37;1-4-6-7(3)5-2;1-3-2/h17-20,24-25,29H,10-16H2,1-9H3,(H,30,38)(H,31,39)(H,36,37);4-6H,1-2H2,3H3;3H2,1-2H3/b;7-6-;. The predicted octanol–water partition coefficient (Wildman–Crippen LogP) is 3.94. The van der Waals surface area contributed by atoms with Crippen LogP contribution in [0.3, 0.4) is 0 Å². The summed E-state index contributed by atoms with van der Waals surface area (Å²) in [5.41, 5.74) is 0.312. The lowest BCUT2D eigenvalue weighted by Gasteiger charge is -2.39. The van der Waals surface area contributed by atoms with E-state index in [1.165, 1.54) is 20.6 Å². The minimum Gasteiger partial charge on any atom is -0.480 e. The van der Waals surface area contributed by atoms with Gasteiger partial charge in [-0.05, 0) is 46.6 Å².